The van der Waals surface area contributed by atoms with Crippen LogP contribution in [0.25, 0.3) is 0 Å². The molecule has 2 heteroatoms. The van der Waals surface area contributed by atoms with E-state index in [-0.39, 0.29) is 6.04 Å². The standard InChI is InChI=1S/C15H29NO/c1-5-6-12(16)10-17-13-9-11-7-8-15(13,4)14(11,2)3/h11-13H,5-10,16H2,1-4H3. The van der Waals surface area contributed by atoms with Gasteiger partial charge in [-0.2, -0.15) is 0 Å². The Bertz CT molecular complexity index is 276. The van der Waals surface area contributed by atoms with Gasteiger partial charge in [-0.1, -0.05) is 34.1 Å². The summed E-state index contributed by atoms with van der Waals surface area (Å²) in [5.41, 5.74) is 6.88. The molecule has 2 saturated carbocycles. The largest absolute Gasteiger partial charge is 0.376 e. The number of hydrogen-bond donors (Lipinski definition) is 1. The Labute approximate surface area is 106 Å². The lowest BCUT2D eigenvalue weighted by Gasteiger charge is -2.39. The first-order valence-electron chi connectivity index (χ1n) is 7.29. The smallest absolute Gasteiger partial charge is 0.0637 e. The number of fused-ring (bicyclic) bond motifs is 2. The maximum Gasteiger partial charge on any atom is 0.0637 e. The third-order valence-electron chi connectivity index (χ3n) is 5.88. The average molecular weight is 239 g/mol. The third kappa shape index (κ3) is 2.04. The normalized spacial score (nSPS) is 40.8. The van der Waals surface area contributed by atoms with Gasteiger partial charge in [-0.25, -0.2) is 0 Å². The summed E-state index contributed by atoms with van der Waals surface area (Å²) in [5, 5.41) is 0. The van der Waals surface area contributed by atoms with Crippen molar-refractivity contribution < 1.29 is 4.74 Å². The van der Waals surface area contributed by atoms with Gasteiger partial charge in [-0.15, -0.1) is 0 Å². The molecule has 0 aromatic heterocycles. The molecule has 0 radical (unpaired) electrons. The molecular formula is C15H29NO. The highest BCUT2D eigenvalue weighted by molar-refractivity contribution is 5.11. The van der Waals surface area contributed by atoms with E-state index >= 15 is 0 Å². The Hall–Kier alpha value is -0.0800. The Kier molecular flexibility index (Phi) is 3.57. The van der Waals surface area contributed by atoms with Crippen LogP contribution in [-0.2, 0) is 4.74 Å². The third-order valence-corrected chi connectivity index (χ3v) is 5.88. The second kappa shape index (κ2) is 4.55. The van der Waals surface area contributed by atoms with Gasteiger partial charge in [-0.05, 0) is 42.4 Å². The SMILES string of the molecule is CCCC(N)COC1CC2CCC1(C)C2(C)C. The van der Waals surface area contributed by atoms with Crippen molar-refractivity contribution in [3.05, 3.63) is 0 Å². The molecule has 0 saturated heterocycles. The molecule has 4 atom stereocenters. The fourth-order valence-corrected chi connectivity index (χ4v) is 4.08. The lowest BCUT2D eigenvalue weighted by Crippen LogP contribution is -2.39. The fraction of sp³-hybridized carbons (Fsp3) is 1.00. The van der Waals surface area contributed by atoms with Gasteiger partial charge in [0.15, 0.2) is 0 Å². The van der Waals surface area contributed by atoms with Crippen molar-refractivity contribution in [1.29, 1.82) is 0 Å². The fourth-order valence-electron chi connectivity index (χ4n) is 4.08. The van der Waals surface area contributed by atoms with E-state index in [1.807, 2.05) is 0 Å². The summed E-state index contributed by atoms with van der Waals surface area (Å²) in [6.07, 6.45) is 6.65. The van der Waals surface area contributed by atoms with E-state index in [1.54, 1.807) is 0 Å². The first-order valence-corrected chi connectivity index (χ1v) is 7.29. The van der Waals surface area contributed by atoms with Crippen molar-refractivity contribution in [3.63, 3.8) is 0 Å². The molecule has 4 unspecified atom stereocenters. The van der Waals surface area contributed by atoms with Gasteiger partial charge < -0.3 is 10.5 Å². The van der Waals surface area contributed by atoms with Gasteiger partial charge >= 0.3 is 0 Å². The average Bonchev–Trinajstić information content (AvgIpc) is 2.59. The van der Waals surface area contributed by atoms with Crippen LogP contribution in [0.3, 0.4) is 0 Å². The van der Waals surface area contributed by atoms with Crippen molar-refractivity contribution in [2.75, 3.05) is 6.61 Å². The van der Waals surface area contributed by atoms with Gasteiger partial charge in [0.25, 0.3) is 0 Å². The van der Waals surface area contributed by atoms with Crippen molar-refractivity contribution in [3.8, 4) is 0 Å². The number of ether oxygens (including phenoxy) is 1. The molecule has 0 aromatic carbocycles. The first-order chi connectivity index (χ1) is 7.91. The highest BCUT2D eigenvalue weighted by atomic mass is 16.5. The molecule has 2 nitrogen and oxygen atoms in total. The van der Waals surface area contributed by atoms with Gasteiger partial charge in [-0.3, -0.25) is 0 Å². The minimum absolute atomic E-state index is 0.228. The molecule has 2 aliphatic rings. The Morgan fingerprint density at radius 3 is 2.53 bits per heavy atom. The van der Waals surface area contributed by atoms with Crippen molar-refractivity contribution >= 4 is 0 Å². The highest BCUT2D eigenvalue weighted by Crippen LogP contribution is 2.66. The summed E-state index contributed by atoms with van der Waals surface area (Å²) >= 11 is 0. The van der Waals surface area contributed by atoms with Crippen LogP contribution < -0.4 is 5.73 Å². The molecule has 17 heavy (non-hydrogen) atoms. The van der Waals surface area contributed by atoms with Crippen LogP contribution in [0, 0.1) is 16.7 Å². The summed E-state index contributed by atoms with van der Waals surface area (Å²) in [6.45, 7) is 10.2. The lowest BCUT2D eigenvalue weighted by atomic mass is 9.70. The van der Waals surface area contributed by atoms with Crippen molar-refractivity contribution in [2.24, 2.45) is 22.5 Å². The minimum atomic E-state index is 0.228. The van der Waals surface area contributed by atoms with Crippen molar-refractivity contribution in [1.82, 2.24) is 0 Å². The van der Waals surface area contributed by atoms with Crippen LogP contribution >= 0.6 is 0 Å². The maximum absolute atomic E-state index is 6.16. The zero-order chi connectivity index (χ0) is 12.7. The van der Waals surface area contributed by atoms with E-state index in [4.69, 9.17) is 10.5 Å². The number of hydrogen-bond acceptors (Lipinski definition) is 2. The van der Waals surface area contributed by atoms with E-state index in [0.29, 0.717) is 16.9 Å². The molecular weight excluding hydrogens is 210 g/mol. The van der Waals surface area contributed by atoms with Gasteiger partial charge in [0, 0.05) is 6.04 Å². The lowest BCUT2D eigenvalue weighted by molar-refractivity contribution is -0.0512. The maximum atomic E-state index is 6.16. The van der Waals surface area contributed by atoms with E-state index in [2.05, 4.69) is 27.7 Å². The summed E-state index contributed by atoms with van der Waals surface area (Å²) in [7, 11) is 0. The molecule has 100 valence electrons. The second-order valence-corrected chi connectivity index (χ2v) is 6.98. The summed E-state index contributed by atoms with van der Waals surface area (Å²) < 4.78 is 6.16. The zero-order valence-electron chi connectivity index (χ0n) is 12.0. The molecule has 0 aliphatic heterocycles. The van der Waals surface area contributed by atoms with Gasteiger partial charge in [0.05, 0.1) is 12.7 Å². The number of nitrogens with two attached hydrogens (primary N) is 1. The number of rotatable bonds is 5. The van der Waals surface area contributed by atoms with Crippen molar-refractivity contribution in [2.45, 2.75) is 71.9 Å². The van der Waals surface area contributed by atoms with Gasteiger partial charge in [0.2, 0.25) is 0 Å². The van der Waals surface area contributed by atoms with E-state index < -0.39 is 0 Å². The molecule has 0 heterocycles. The van der Waals surface area contributed by atoms with E-state index in [1.165, 1.54) is 19.3 Å². The molecule has 2 aliphatic carbocycles. The molecule has 2 rings (SSSR count). The second-order valence-electron chi connectivity index (χ2n) is 6.98. The Morgan fingerprint density at radius 2 is 2.06 bits per heavy atom. The first kappa shape index (κ1) is 13.4. The van der Waals surface area contributed by atoms with Crippen LogP contribution in [0.2, 0.25) is 0 Å². The highest BCUT2D eigenvalue weighted by Gasteiger charge is 2.61. The predicted molar refractivity (Wildman–Crippen MR) is 71.9 cm³/mol. The molecule has 0 amide bonds. The topological polar surface area (TPSA) is 35.2 Å². The molecule has 0 spiro atoms. The van der Waals surface area contributed by atoms with E-state index in [0.717, 1.165) is 25.4 Å². The summed E-state index contributed by atoms with van der Waals surface area (Å²) in [4.78, 5) is 0. The van der Waals surface area contributed by atoms with Crippen LogP contribution in [0.5, 0.6) is 0 Å². The monoisotopic (exact) mass is 239 g/mol. The minimum Gasteiger partial charge on any atom is -0.376 e. The summed E-state index contributed by atoms with van der Waals surface area (Å²) in [6, 6.07) is 0.228. The van der Waals surface area contributed by atoms with Crippen LogP contribution in [0.4, 0.5) is 0 Å². The molecule has 2 bridgehead atoms. The van der Waals surface area contributed by atoms with E-state index in [9.17, 15) is 0 Å². The van der Waals surface area contributed by atoms with Crippen LogP contribution in [-0.4, -0.2) is 18.8 Å². The molecule has 2 N–H and O–H groups in total. The predicted octanol–water partition coefficient (Wildman–Crippen LogP) is 3.35. The Balaban J connectivity index is 1.92. The quantitative estimate of drug-likeness (QED) is 0.798. The molecule has 2 fully saturated rings. The van der Waals surface area contributed by atoms with Crippen LogP contribution in [0.1, 0.15) is 59.8 Å². The molecule has 0 aromatic rings. The van der Waals surface area contributed by atoms with Gasteiger partial charge in [0.1, 0.15) is 0 Å². The Morgan fingerprint density at radius 1 is 1.35 bits per heavy atom. The van der Waals surface area contributed by atoms with Crippen LogP contribution in [0.15, 0.2) is 0 Å². The zero-order valence-corrected chi connectivity index (χ0v) is 12.0. The summed E-state index contributed by atoms with van der Waals surface area (Å²) in [5.74, 6) is 0.861.